The molecule has 0 atom stereocenters. The molecule has 1 aliphatic heterocycles. The smallest absolute Gasteiger partial charge is 0.341 e. The lowest BCUT2D eigenvalue weighted by Crippen LogP contribution is -3.12. The molecule has 0 radical (unpaired) electrons. The second-order valence-corrected chi connectivity index (χ2v) is 7.01. The molecule has 3 rings (SSSR count). The van der Waals surface area contributed by atoms with E-state index in [9.17, 15) is 22.4 Å². The van der Waals surface area contributed by atoms with E-state index in [0.29, 0.717) is 6.54 Å². The van der Waals surface area contributed by atoms with E-state index >= 15 is 0 Å². The number of rotatable bonds is 6. The molecule has 0 aliphatic carbocycles. The molecule has 4 nitrogen and oxygen atoms in total. The molecule has 2 aromatic carbocycles. The average molecular weight is 424 g/mol. The van der Waals surface area contributed by atoms with Crippen LogP contribution in [0.5, 0.6) is 11.5 Å². The Morgan fingerprint density at radius 1 is 1.00 bits per heavy atom. The maximum absolute atomic E-state index is 14.5. The highest BCUT2D eigenvalue weighted by atomic mass is 19.2. The van der Waals surface area contributed by atoms with E-state index < -0.39 is 40.6 Å². The van der Waals surface area contributed by atoms with Gasteiger partial charge in [-0.15, -0.1) is 0 Å². The van der Waals surface area contributed by atoms with Gasteiger partial charge >= 0.3 is 5.97 Å². The van der Waals surface area contributed by atoms with Crippen LogP contribution >= 0.6 is 0 Å². The van der Waals surface area contributed by atoms with Gasteiger partial charge < -0.3 is 14.4 Å². The largest absolute Gasteiger partial charge is 0.465 e. The van der Waals surface area contributed by atoms with Crippen LogP contribution in [0.1, 0.15) is 35.2 Å². The van der Waals surface area contributed by atoms with Crippen molar-refractivity contribution >= 4 is 12.0 Å². The van der Waals surface area contributed by atoms with Gasteiger partial charge in [-0.2, -0.15) is 8.78 Å². The van der Waals surface area contributed by atoms with Crippen LogP contribution in [0.25, 0.3) is 6.08 Å². The molecule has 0 bridgehead atoms. The van der Waals surface area contributed by atoms with E-state index in [-0.39, 0.29) is 11.3 Å². The average Bonchev–Trinajstić information content (AvgIpc) is 2.78. The third-order valence-corrected chi connectivity index (χ3v) is 5.01. The summed E-state index contributed by atoms with van der Waals surface area (Å²) in [5, 5.41) is 0. The number of ether oxygens (including phenoxy) is 2. The van der Waals surface area contributed by atoms with Crippen LogP contribution in [0, 0.1) is 23.3 Å². The molecule has 0 saturated carbocycles. The Labute approximate surface area is 171 Å². The van der Waals surface area contributed by atoms with Crippen LogP contribution in [0.3, 0.4) is 0 Å². The summed E-state index contributed by atoms with van der Waals surface area (Å²) in [5.74, 6) is -8.88. The first-order valence-corrected chi connectivity index (χ1v) is 9.65. The predicted octanol–water partition coefficient (Wildman–Crippen LogP) is 3.90. The second-order valence-electron chi connectivity index (χ2n) is 7.01. The summed E-state index contributed by atoms with van der Waals surface area (Å²) < 4.78 is 67.6. The third kappa shape index (κ3) is 4.64. The first-order chi connectivity index (χ1) is 14.4. The van der Waals surface area contributed by atoms with Gasteiger partial charge in [-0.25, -0.2) is 13.6 Å². The van der Waals surface area contributed by atoms with Gasteiger partial charge in [0, 0.05) is 0 Å². The number of carbonyl (C=O) groups is 1. The quantitative estimate of drug-likeness (QED) is 0.434. The van der Waals surface area contributed by atoms with Gasteiger partial charge in [0.25, 0.3) is 0 Å². The normalized spacial score (nSPS) is 14.8. The molecule has 8 heteroatoms. The number of benzene rings is 2. The molecule has 2 aromatic rings. The van der Waals surface area contributed by atoms with Crippen molar-refractivity contribution in [3.05, 3.63) is 64.7 Å². The van der Waals surface area contributed by atoms with Gasteiger partial charge in [0.2, 0.25) is 17.4 Å². The number of esters is 1. The summed E-state index contributed by atoms with van der Waals surface area (Å²) in [4.78, 5) is 13.0. The number of piperidine rings is 1. The van der Waals surface area contributed by atoms with Crippen molar-refractivity contribution in [3.63, 3.8) is 0 Å². The molecule has 30 heavy (non-hydrogen) atoms. The lowest BCUT2D eigenvalue weighted by molar-refractivity contribution is -0.898. The van der Waals surface area contributed by atoms with Crippen molar-refractivity contribution in [1.29, 1.82) is 0 Å². The highest BCUT2D eigenvalue weighted by molar-refractivity contribution is 5.92. The number of para-hydroxylation sites is 1. The minimum absolute atomic E-state index is 0.145. The predicted molar refractivity (Wildman–Crippen MR) is 103 cm³/mol. The molecule has 0 aromatic heterocycles. The highest BCUT2D eigenvalue weighted by Gasteiger charge is 2.27. The number of methoxy groups -OCH3 is 1. The minimum Gasteiger partial charge on any atom is -0.465 e. The minimum atomic E-state index is -1.68. The Bertz CT molecular complexity index is 927. The van der Waals surface area contributed by atoms with Gasteiger partial charge in [-0.05, 0) is 43.5 Å². The molecule has 1 aliphatic rings. The maximum atomic E-state index is 14.5. The molecule has 1 N–H and O–H groups in total. The molecule has 160 valence electrons. The van der Waals surface area contributed by atoms with E-state index in [1.807, 2.05) is 0 Å². The molecule has 0 amide bonds. The van der Waals surface area contributed by atoms with E-state index in [4.69, 9.17) is 4.74 Å². The van der Waals surface area contributed by atoms with Gasteiger partial charge in [-0.1, -0.05) is 12.1 Å². The summed E-state index contributed by atoms with van der Waals surface area (Å²) in [7, 11) is 1.12. The fraction of sp³-hybridized carbons (Fsp3) is 0.318. The number of likely N-dealkylation sites (tertiary alicyclic amines) is 1. The van der Waals surface area contributed by atoms with Gasteiger partial charge in [0.05, 0.1) is 32.3 Å². The standard InChI is InChI=1S/C22H21F4NO3/c1-29-22(28)14-8-3-4-10-16(14)30-21-19(25)17(23)15(18(24)20(21)26)9-7-13-27-11-5-2-6-12-27/h3-4,7-10H,2,5-6,11-13H2,1H3/p+1/b9-7+. The first-order valence-electron chi connectivity index (χ1n) is 9.65. The lowest BCUT2D eigenvalue weighted by Gasteiger charge is -2.21. The molecule has 1 saturated heterocycles. The number of hydrogen-bond acceptors (Lipinski definition) is 3. The number of carbonyl (C=O) groups excluding carboxylic acids is 1. The highest BCUT2D eigenvalue weighted by Crippen LogP contribution is 2.35. The van der Waals surface area contributed by atoms with Gasteiger partial charge in [0.1, 0.15) is 11.3 Å². The lowest BCUT2D eigenvalue weighted by atomic mass is 10.1. The zero-order valence-electron chi connectivity index (χ0n) is 16.4. The second kappa shape index (κ2) is 9.75. The molecule has 1 fully saturated rings. The number of hydrogen-bond donors (Lipinski definition) is 1. The van der Waals surface area contributed by atoms with Crippen molar-refractivity contribution < 1.29 is 36.7 Å². The van der Waals surface area contributed by atoms with Crippen molar-refractivity contribution in [2.75, 3.05) is 26.7 Å². The van der Waals surface area contributed by atoms with Gasteiger partial charge in [-0.3, -0.25) is 0 Å². The number of halogens is 4. The Kier molecular flexibility index (Phi) is 7.10. The van der Waals surface area contributed by atoms with Crippen LogP contribution in [0.2, 0.25) is 0 Å². The van der Waals surface area contributed by atoms with Crippen LogP contribution in [0.15, 0.2) is 30.3 Å². The van der Waals surface area contributed by atoms with Crippen molar-refractivity contribution in [2.45, 2.75) is 19.3 Å². The summed E-state index contributed by atoms with van der Waals surface area (Å²) in [5.41, 5.74) is -0.955. The van der Waals surface area contributed by atoms with E-state index in [0.717, 1.165) is 45.5 Å². The fourth-order valence-electron chi connectivity index (χ4n) is 3.41. The Balaban J connectivity index is 1.89. The first kappa shape index (κ1) is 21.8. The zero-order valence-corrected chi connectivity index (χ0v) is 16.4. The van der Waals surface area contributed by atoms with Crippen molar-refractivity contribution in [1.82, 2.24) is 0 Å². The van der Waals surface area contributed by atoms with Crippen LogP contribution < -0.4 is 9.64 Å². The Hall–Kier alpha value is -2.87. The fourth-order valence-corrected chi connectivity index (χ4v) is 3.41. The Morgan fingerprint density at radius 2 is 1.63 bits per heavy atom. The molecule has 1 heterocycles. The summed E-state index contributed by atoms with van der Waals surface area (Å²) in [6.45, 7) is 2.40. The van der Waals surface area contributed by atoms with Crippen LogP contribution in [0.4, 0.5) is 17.6 Å². The van der Waals surface area contributed by atoms with Crippen LogP contribution in [-0.4, -0.2) is 32.7 Å². The van der Waals surface area contributed by atoms with E-state index in [2.05, 4.69) is 4.74 Å². The molecule has 0 spiro atoms. The molecule has 0 unspecified atom stereocenters. The number of nitrogens with one attached hydrogen (secondary N) is 1. The van der Waals surface area contributed by atoms with Crippen LogP contribution in [-0.2, 0) is 4.74 Å². The topological polar surface area (TPSA) is 40.0 Å². The van der Waals surface area contributed by atoms with E-state index in [1.165, 1.54) is 35.2 Å². The summed E-state index contributed by atoms with van der Waals surface area (Å²) in [6.07, 6.45) is 5.87. The third-order valence-electron chi connectivity index (χ3n) is 5.01. The molecular weight excluding hydrogens is 402 g/mol. The van der Waals surface area contributed by atoms with Crippen molar-refractivity contribution in [2.24, 2.45) is 0 Å². The zero-order chi connectivity index (χ0) is 21.7. The van der Waals surface area contributed by atoms with Crippen molar-refractivity contribution in [3.8, 4) is 11.5 Å². The monoisotopic (exact) mass is 424 g/mol. The SMILES string of the molecule is COC(=O)c1ccccc1Oc1c(F)c(F)c(/C=C/C[NH+]2CCCCC2)c(F)c1F. The van der Waals surface area contributed by atoms with E-state index in [1.54, 1.807) is 0 Å². The van der Waals surface area contributed by atoms with Gasteiger partial charge in [0.15, 0.2) is 11.6 Å². The summed E-state index contributed by atoms with van der Waals surface area (Å²) >= 11 is 0. The maximum Gasteiger partial charge on any atom is 0.341 e. The molecular formula is C22H22F4NO3+. The summed E-state index contributed by atoms with van der Waals surface area (Å²) in [6, 6.07) is 5.44. The number of quaternary nitrogens is 1. The Morgan fingerprint density at radius 3 is 2.27 bits per heavy atom.